The minimum absolute atomic E-state index is 0.0788. The lowest BCUT2D eigenvalue weighted by Crippen LogP contribution is -2.44. The summed E-state index contributed by atoms with van der Waals surface area (Å²) < 4.78 is 16.2. The number of fused-ring (bicyclic) bond motifs is 5. The smallest absolute Gasteiger partial charge is 0.163 e. The highest BCUT2D eigenvalue weighted by Gasteiger charge is 2.65. The topological polar surface area (TPSA) is 68.2 Å². The molecule has 0 aromatic rings. The molecule has 1 saturated heterocycles. The largest absolute Gasteiger partial charge is 0.390 e. The second-order valence-corrected chi connectivity index (χ2v) is 5.04. The van der Waals surface area contributed by atoms with Crippen molar-refractivity contribution in [3.63, 3.8) is 0 Å². The quantitative estimate of drug-likeness (QED) is 0.673. The fourth-order valence-corrected chi connectivity index (χ4v) is 3.95. The Kier molecular flexibility index (Phi) is 2.49. The van der Waals surface area contributed by atoms with Crippen LogP contribution in [0, 0.1) is 23.7 Å². The molecule has 0 radical (unpaired) electrons. The molecule has 1 heterocycles. The first-order chi connectivity index (χ1) is 7.69. The fourth-order valence-electron chi connectivity index (χ4n) is 3.95. The first-order valence-corrected chi connectivity index (χ1v) is 5.76. The summed E-state index contributed by atoms with van der Waals surface area (Å²) in [6.07, 6.45) is -1.05. The fraction of sp³-hybridized carbons (Fsp3) is 1.00. The van der Waals surface area contributed by atoms with Crippen LogP contribution >= 0.6 is 0 Å². The van der Waals surface area contributed by atoms with E-state index < -0.39 is 12.2 Å². The molecule has 2 saturated carbocycles. The van der Waals surface area contributed by atoms with Crippen LogP contribution in [0.3, 0.4) is 0 Å². The van der Waals surface area contributed by atoms with Crippen molar-refractivity contribution in [2.24, 2.45) is 23.7 Å². The molecular formula is C11H18O5. The van der Waals surface area contributed by atoms with Gasteiger partial charge in [0.25, 0.3) is 0 Å². The van der Waals surface area contributed by atoms with Crippen molar-refractivity contribution >= 4 is 0 Å². The van der Waals surface area contributed by atoms with E-state index in [1.807, 2.05) is 0 Å². The minimum Gasteiger partial charge on any atom is -0.390 e. The van der Waals surface area contributed by atoms with Gasteiger partial charge in [0.2, 0.25) is 0 Å². The van der Waals surface area contributed by atoms with Crippen molar-refractivity contribution in [2.75, 3.05) is 14.2 Å². The molecule has 1 aliphatic heterocycles. The summed E-state index contributed by atoms with van der Waals surface area (Å²) >= 11 is 0. The Morgan fingerprint density at radius 1 is 0.938 bits per heavy atom. The highest BCUT2D eigenvalue weighted by atomic mass is 16.8. The summed E-state index contributed by atoms with van der Waals surface area (Å²) in [6.45, 7) is 0. The molecule has 2 N–H and O–H groups in total. The predicted molar refractivity (Wildman–Crippen MR) is 53.3 cm³/mol. The van der Waals surface area contributed by atoms with Gasteiger partial charge in [-0.2, -0.15) is 0 Å². The van der Waals surface area contributed by atoms with Crippen LogP contribution in [-0.4, -0.2) is 49.2 Å². The molecule has 0 aromatic carbocycles. The zero-order valence-corrected chi connectivity index (χ0v) is 9.45. The lowest BCUT2D eigenvalue weighted by Gasteiger charge is -2.33. The predicted octanol–water partition coefficient (Wildman–Crippen LogP) is -0.435. The molecule has 3 aliphatic rings. The average Bonchev–Trinajstić information content (AvgIpc) is 2.90. The summed E-state index contributed by atoms with van der Waals surface area (Å²) in [5.74, 6) is 0.460. The van der Waals surface area contributed by atoms with E-state index in [-0.39, 0.29) is 36.3 Å². The van der Waals surface area contributed by atoms with Gasteiger partial charge in [-0.3, -0.25) is 0 Å². The molecule has 2 bridgehead atoms. The number of aliphatic hydroxyl groups excluding tert-OH is 2. The summed E-state index contributed by atoms with van der Waals surface area (Å²) in [7, 11) is 3.21. The third-order valence-corrected chi connectivity index (χ3v) is 4.57. The van der Waals surface area contributed by atoms with Gasteiger partial charge >= 0.3 is 0 Å². The van der Waals surface area contributed by atoms with Gasteiger partial charge in [-0.15, -0.1) is 0 Å². The van der Waals surface area contributed by atoms with E-state index >= 15 is 0 Å². The van der Waals surface area contributed by atoms with E-state index in [2.05, 4.69) is 0 Å². The second kappa shape index (κ2) is 3.65. The van der Waals surface area contributed by atoms with Gasteiger partial charge in [-0.05, 0) is 18.3 Å². The summed E-state index contributed by atoms with van der Waals surface area (Å²) in [6, 6.07) is 0. The van der Waals surface area contributed by atoms with Gasteiger partial charge in [0, 0.05) is 26.1 Å². The Morgan fingerprint density at radius 3 is 1.75 bits per heavy atom. The van der Waals surface area contributed by atoms with Crippen LogP contribution in [-0.2, 0) is 14.2 Å². The van der Waals surface area contributed by atoms with E-state index in [4.69, 9.17) is 14.2 Å². The maximum absolute atomic E-state index is 9.91. The van der Waals surface area contributed by atoms with Crippen LogP contribution in [0.25, 0.3) is 0 Å². The second-order valence-electron chi connectivity index (χ2n) is 5.04. The standard InChI is InChI=1S/C11H18O5/c1-14-10-6-4-3-5(9(13)8(4)12)7(6)11(15-2)16-10/h4-13H,3H2,1-2H3/t4-,5-,6-,7-,8-,9+,10+,11-/m1/s1. The van der Waals surface area contributed by atoms with Crippen LogP contribution in [0.1, 0.15) is 6.42 Å². The van der Waals surface area contributed by atoms with E-state index in [1.54, 1.807) is 14.2 Å². The van der Waals surface area contributed by atoms with Gasteiger partial charge in [-0.25, -0.2) is 0 Å². The Labute approximate surface area is 94.3 Å². The normalized spacial score (nSPS) is 59.2. The maximum Gasteiger partial charge on any atom is 0.163 e. The molecule has 0 spiro atoms. The van der Waals surface area contributed by atoms with Crippen molar-refractivity contribution in [3.05, 3.63) is 0 Å². The van der Waals surface area contributed by atoms with E-state index in [1.165, 1.54) is 0 Å². The first-order valence-electron chi connectivity index (χ1n) is 5.76. The number of ether oxygens (including phenoxy) is 3. The summed E-state index contributed by atoms with van der Waals surface area (Å²) in [5.41, 5.74) is 0. The molecule has 5 nitrogen and oxygen atoms in total. The molecule has 0 amide bonds. The van der Waals surface area contributed by atoms with E-state index in [9.17, 15) is 10.2 Å². The molecule has 0 aromatic heterocycles. The first kappa shape index (κ1) is 10.9. The van der Waals surface area contributed by atoms with E-state index in [0.29, 0.717) is 0 Å². The molecule has 3 fully saturated rings. The SMILES string of the molecule is CO[C@@H]1O[C@H](OC)[C@@H]2[C@H]3C[C@@H]([C@H](O)[C@@H]3O)[C@@H]12. The minimum atomic E-state index is -0.636. The Morgan fingerprint density at radius 2 is 1.38 bits per heavy atom. The molecule has 5 heteroatoms. The Balaban J connectivity index is 1.89. The number of rotatable bonds is 2. The van der Waals surface area contributed by atoms with Gasteiger partial charge < -0.3 is 24.4 Å². The van der Waals surface area contributed by atoms with Crippen LogP contribution in [0.15, 0.2) is 0 Å². The molecule has 16 heavy (non-hydrogen) atoms. The lowest BCUT2D eigenvalue weighted by molar-refractivity contribution is -0.203. The molecule has 3 rings (SSSR count). The van der Waals surface area contributed by atoms with Crippen LogP contribution in [0.5, 0.6) is 0 Å². The van der Waals surface area contributed by atoms with Crippen molar-refractivity contribution < 1.29 is 24.4 Å². The number of methoxy groups -OCH3 is 2. The monoisotopic (exact) mass is 230 g/mol. The molecular weight excluding hydrogens is 212 g/mol. The van der Waals surface area contributed by atoms with Crippen molar-refractivity contribution in [3.8, 4) is 0 Å². The van der Waals surface area contributed by atoms with Crippen LogP contribution in [0.2, 0.25) is 0 Å². The Hall–Kier alpha value is -0.200. The molecule has 2 aliphatic carbocycles. The third kappa shape index (κ3) is 1.18. The van der Waals surface area contributed by atoms with Gasteiger partial charge in [0.1, 0.15) is 0 Å². The summed E-state index contributed by atoms with van der Waals surface area (Å²) in [5, 5.41) is 19.8. The van der Waals surface area contributed by atoms with Gasteiger partial charge in [-0.1, -0.05) is 0 Å². The van der Waals surface area contributed by atoms with Crippen molar-refractivity contribution in [2.45, 2.75) is 31.2 Å². The zero-order valence-electron chi connectivity index (χ0n) is 9.45. The average molecular weight is 230 g/mol. The third-order valence-electron chi connectivity index (χ3n) is 4.57. The van der Waals surface area contributed by atoms with E-state index in [0.717, 1.165) is 6.42 Å². The number of hydrogen-bond donors (Lipinski definition) is 2. The highest BCUT2D eigenvalue weighted by Crippen LogP contribution is 2.59. The van der Waals surface area contributed by atoms with Crippen LogP contribution < -0.4 is 0 Å². The molecule has 92 valence electrons. The maximum atomic E-state index is 9.91. The number of aliphatic hydroxyl groups is 2. The molecule has 0 unspecified atom stereocenters. The Bertz CT molecular complexity index is 258. The van der Waals surface area contributed by atoms with Crippen LogP contribution in [0.4, 0.5) is 0 Å². The van der Waals surface area contributed by atoms with Crippen molar-refractivity contribution in [1.82, 2.24) is 0 Å². The van der Waals surface area contributed by atoms with Gasteiger partial charge in [0.05, 0.1) is 12.2 Å². The molecule has 8 atom stereocenters. The number of hydrogen-bond acceptors (Lipinski definition) is 5. The van der Waals surface area contributed by atoms with Gasteiger partial charge in [0.15, 0.2) is 12.6 Å². The van der Waals surface area contributed by atoms with Crippen molar-refractivity contribution in [1.29, 1.82) is 0 Å². The lowest BCUT2D eigenvalue weighted by atomic mass is 9.77. The highest BCUT2D eigenvalue weighted by molar-refractivity contribution is 5.09. The summed E-state index contributed by atoms with van der Waals surface area (Å²) in [4.78, 5) is 0. The zero-order chi connectivity index (χ0) is 11.4.